The highest BCUT2D eigenvalue weighted by molar-refractivity contribution is 5.80. The Hall–Kier alpha value is -2.26. The van der Waals surface area contributed by atoms with Crippen LogP contribution in [0.3, 0.4) is 0 Å². The van der Waals surface area contributed by atoms with Crippen molar-refractivity contribution in [3.63, 3.8) is 0 Å². The summed E-state index contributed by atoms with van der Waals surface area (Å²) < 4.78 is 0. The number of nitrogens with zero attached hydrogens (tertiary/aromatic N) is 2. The Bertz CT molecular complexity index is 936. The summed E-state index contributed by atoms with van der Waals surface area (Å²) in [5, 5.41) is 1.29. The molecule has 3 heteroatoms. The molecule has 0 radical (unpaired) electrons. The average Bonchev–Trinajstić information content (AvgIpc) is 3.35. The van der Waals surface area contributed by atoms with Gasteiger partial charge in [0.15, 0.2) is 0 Å². The number of anilines is 1. The molecule has 134 valence electrons. The van der Waals surface area contributed by atoms with Gasteiger partial charge >= 0.3 is 0 Å². The summed E-state index contributed by atoms with van der Waals surface area (Å²) in [6.07, 6.45) is 4.68. The molecule has 0 amide bonds. The second-order valence-electron chi connectivity index (χ2n) is 8.00. The predicted octanol–water partition coefficient (Wildman–Crippen LogP) is 4.91. The van der Waals surface area contributed by atoms with Crippen molar-refractivity contribution >= 4 is 16.6 Å². The van der Waals surface area contributed by atoms with Crippen LogP contribution in [0.15, 0.2) is 48.7 Å². The lowest BCUT2D eigenvalue weighted by molar-refractivity contribution is 0.234. The van der Waals surface area contributed by atoms with E-state index in [1.807, 2.05) is 6.20 Å². The van der Waals surface area contributed by atoms with Gasteiger partial charge in [0.2, 0.25) is 0 Å². The Morgan fingerprint density at radius 3 is 2.65 bits per heavy atom. The van der Waals surface area contributed by atoms with E-state index in [-0.39, 0.29) is 0 Å². The highest BCUT2D eigenvalue weighted by Crippen LogP contribution is 2.41. The zero-order valence-electron chi connectivity index (χ0n) is 15.7. The molecule has 1 saturated heterocycles. The number of benzene rings is 2. The zero-order valence-corrected chi connectivity index (χ0v) is 15.7. The minimum absolute atomic E-state index is 0.437. The Labute approximate surface area is 155 Å². The van der Waals surface area contributed by atoms with Crippen LogP contribution in [0.5, 0.6) is 0 Å². The number of aromatic nitrogens is 1. The van der Waals surface area contributed by atoms with Crippen molar-refractivity contribution in [3.8, 4) is 0 Å². The summed E-state index contributed by atoms with van der Waals surface area (Å²) in [5.41, 5.74) is 7.05. The van der Waals surface area contributed by atoms with Gasteiger partial charge in [0, 0.05) is 49.0 Å². The normalized spacial score (nSPS) is 23.5. The van der Waals surface area contributed by atoms with E-state index in [9.17, 15) is 0 Å². The third-order valence-electron chi connectivity index (χ3n) is 6.48. The molecule has 26 heavy (non-hydrogen) atoms. The molecule has 3 nitrogen and oxygen atoms in total. The van der Waals surface area contributed by atoms with E-state index in [0.29, 0.717) is 12.0 Å². The molecule has 2 unspecified atom stereocenters. The van der Waals surface area contributed by atoms with Crippen molar-refractivity contribution in [1.82, 2.24) is 9.88 Å². The molecule has 1 fully saturated rings. The third-order valence-corrected chi connectivity index (χ3v) is 6.48. The third kappa shape index (κ3) is 2.53. The number of rotatable bonds is 2. The van der Waals surface area contributed by atoms with Crippen LogP contribution >= 0.6 is 0 Å². The fourth-order valence-corrected chi connectivity index (χ4v) is 4.76. The van der Waals surface area contributed by atoms with Crippen molar-refractivity contribution in [2.75, 3.05) is 31.6 Å². The summed E-state index contributed by atoms with van der Waals surface area (Å²) in [4.78, 5) is 8.41. The van der Waals surface area contributed by atoms with E-state index < -0.39 is 0 Å². The minimum atomic E-state index is 0.437. The van der Waals surface area contributed by atoms with Crippen LogP contribution in [0.1, 0.15) is 48.4 Å². The quantitative estimate of drug-likeness (QED) is 0.713. The van der Waals surface area contributed by atoms with Gasteiger partial charge in [-0.3, -0.25) is 4.90 Å². The average molecular weight is 345 g/mol. The van der Waals surface area contributed by atoms with E-state index in [2.05, 4.69) is 71.2 Å². The first kappa shape index (κ1) is 16.0. The van der Waals surface area contributed by atoms with Gasteiger partial charge in [-0.2, -0.15) is 0 Å². The summed E-state index contributed by atoms with van der Waals surface area (Å²) in [6.45, 7) is 5.83. The molecule has 0 spiro atoms. The van der Waals surface area contributed by atoms with Crippen LogP contribution in [0.2, 0.25) is 0 Å². The first-order chi connectivity index (χ1) is 12.7. The van der Waals surface area contributed by atoms with Gasteiger partial charge in [0.05, 0.1) is 0 Å². The highest BCUT2D eigenvalue weighted by atomic mass is 15.2. The molecule has 2 aliphatic rings. The Morgan fingerprint density at radius 2 is 1.81 bits per heavy atom. The van der Waals surface area contributed by atoms with Crippen molar-refractivity contribution < 1.29 is 0 Å². The topological polar surface area (TPSA) is 22.3 Å². The number of fused-ring (bicyclic) bond motifs is 2. The smallest absolute Gasteiger partial charge is 0.0456 e. The molecule has 3 heterocycles. The molecule has 2 aliphatic heterocycles. The Morgan fingerprint density at radius 1 is 0.962 bits per heavy atom. The van der Waals surface area contributed by atoms with Crippen LogP contribution in [-0.4, -0.2) is 36.6 Å². The van der Waals surface area contributed by atoms with E-state index in [0.717, 1.165) is 6.54 Å². The largest absolute Gasteiger partial charge is 0.372 e. The number of hydrogen-bond donors (Lipinski definition) is 1. The first-order valence-corrected chi connectivity index (χ1v) is 9.87. The molecule has 1 aromatic heterocycles. The van der Waals surface area contributed by atoms with Gasteiger partial charge in [-0.25, -0.2) is 0 Å². The van der Waals surface area contributed by atoms with E-state index in [1.165, 1.54) is 59.2 Å². The summed E-state index contributed by atoms with van der Waals surface area (Å²) in [7, 11) is 2.26. The molecule has 1 N–H and O–H groups in total. The van der Waals surface area contributed by atoms with Crippen LogP contribution < -0.4 is 4.90 Å². The maximum atomic E-state index is 3.37. The van der Waals surface area contributed by atoms with Gasteiger partial charge < -0.3 is 9.88 Å². The molecular formula is C23H27N3. The monoisotopic (exact) mass is 345 g/mol. The molecule has 0 bridgehead atoms. The molecule has 0 saturated carbocycles. The molecule has 0 aliphatic carbocycles. The van der Waals surface area contributed by atoms with Gasteiger partial charge in [0.25, 0.3) is 0 Å². The van der Waals surface area contributed by atoms with Crippen molar-refractivity contribution in [2.24, 2.45) is 0 Å². The lowest BCUT2D eigenvalue weighted by Crippen LogP contribution is -2.34. The van der Waals surface area contributed by atoms with Crippen molar-refractivity contribution in [1.29, 1.82) is 0 Å². The van der Waals surface area contributed by atoms with E-state index in [4.69, 9.17) is 0 Å². The number of aromatic amines is 1. The standard InChI is InChI=1S/C23H27N3/c1-16-21-14-19(26-11-3-4-12-26)7-8-20(21)22(15-25(16)2)18-6-5-17-9-10-24-23(17)13-18/h5-10,13-14,16,22,24H,3-4,11-12,15H2,1-2H3. The van der Waals surface area contributed by atoms with E-state index >= 15 is 0 Å². The maximum Gasteiger partial charge on any atom is 0.0456 e. The molecule has 2 aromatic carbocycles. The van der Waals surface area contributed by atoms with E-state index in [1.54, 1.807) is 0 Å². The van der Waals surface area contributed by atoms with Gasteiger partial charge in [-0.05, 0) is 73.2 Å². The molecule has 2 atom stereocenters. The number of nitrogens with one attached hydrogen (secondary N) is 1. The summed E-state index contributed by atoms with van der Waals surface area (Å²) in [5.74, 6) is 0.437. The molecule has 3 aromatic rings. The fraction of sp³-hybridized carbons (Fsp3) is 0.391. The van der Waals surface area contributed by atoms with Crippen LogP contribution in [0.4, 0.5) is 5.69 Å². The molecule has 5 rings (SSSR count). The summed E-state index contributed by atoms with van der Waals surface area (Å²) in [6, 6.07) is 16.7. The maximum absolute atomic E-state index is 3.37. The van der Waals surface area contributed by atoms with Gasteiger partial charge in [-0.15, -0.1) is 0 Å². The fourth-order valence-electron chi connectivity index (χ4n) is 4.76. The van der Waals surface area contributed by atoms with Crippen LogP contribution in [0, 0.1) is 0 Å². The minimum Gasteiger partial charge on any atom is -0.372 e. The van der Waals surface area contributed by atoms with Gasteiger partial charge in [-0.1, -0.05) is 18.2 Å². The SMILES string of the molecule is CC1c2cc(N3CCCC3)ccc2C(c2ccc3cc[nH]c3c2)CN1C. The number of H-pyrrole nitrogens is 1. The lowest BCUT2D eigenvalue weighted by atomic mass is 9.81. The molecular weight excluding hydrogens is 318 g/mol. The zero-order chi connectivity index (χ0) is 17.7. The number of likely N-dealkylation sites (N-methyl/N-ethyl adjacent to an activating group) is 1. The summed E-state index contributed by atoms with van der Waals surface area (Å²) >= 11 is 0. The second kappa shape index (κ2) is 6.17. The van der Waals surface area contributed by atoms with Crippen molar-refractivity contribution in [3.05, 3.63) is 65.4 Å². The van der Waals surface area contributed by atoms with Gasteiger partial charge in [0.1, 0.15) is 0 Å². The first-order valence-electron chi connectivity index (χ1n) is 9.87. The van der Waals surface area contributed by atoms with Crippen LogP contribution in [0.25, 0.3) is 10.9 Å². The Kier molecular flexibility index (Phi) is 3.79. The second-order valence-corrected chi connectivity index (χ2v) is 8.00. The Balaban J connectivity index is 1.58. The lowest BCUT2D eigenvalue weighted by Gasteiger charge is -2.38. The predicted molar refractivity (Wildman–Crippen MR) is 109 cm³/mol. The van der Waals surface area contributed by atoms with Crippen LogP contribution in [-0.2, 0) is 0 Å². The van der Waals surface area contributed by atoms with Crippen molar-refractivity contribution in [2.45, 2.75) is 31.7 Å². The highest BCUT2D eigenvalue weighted by Gasteiger charge is 2.30. The number of hydrogen-bond acceptors (Lipinski definition) is 2.